The van der Waals surface area contributed by atoms with E-state index in [2.05, 4.69) is 56.2 Å². The number of hydrogen-bond donors (Lipinski definition) is 2. The topological polar surface area (TPSA) is 63.6 Å². The van der Waals surface area contributed by atoms with Crippen LogP contribution in [-0.4, -0.2) is 86.9 Å². The molecule has 4 rings (SSSR count). The first-order chi connectivity index (χ1) is 15.7. The van der Waals surface area contributed by atoms with Crippen LogP contribution in [0.4, 0.5) is 5.69 Å². The van der Waals surface area contributed by atoms with E-state index in [0.717, 1.165) is 70.7 Å². The lowest BCUT2D eigenvalue weighted by atomic mass is 10.0. The number of aliphatic imine (C=N–C) groups is 1. The van der Waals surface area contributed by atoms with Gasteiger partial charge in [0.2, 0.25) is 0 Å². The van der Waals surface area contributed by atoms with Gasteiger partial charge in [0, 0.05) is 52.9 Å². The van der Waals surface area contributed by atoms with E-state index >= 15 is 0 Å². The Kier molecular flexibility index (Phi) is 7.50. The van der Waals surface area contributed by atoms with E-state index in [1.165, 1.54) is 11.1 Å². The Labute approximate surface area is 191 Å². The average molecular weight is 438 g/mol. The molecule has 0 saturated carbocycles. The predicted octanol–water partition coefficient (Wildman–Crippen LogP) is 2.47. The maximum Gasteiger partial charge on any atom is 0.193 e. The number of nitrogens with one attached hydrogen (secondary N) is 1. The van der Waals surface area contributed by atoms with Gasteiger partial charge in [-0.3, -0.25) is 9.89 Å². The highest BCUT2D eigenvalue weighted by molar-refractivity contribution is 5.80. The zero-order chi connectivity index (χ0) is 22.3. The van der Waals surface area contributed by atoms with Crippen LogP contribution in [0.3, 0.4) is 0 Å². The van der Waals surface area contributed by atoms with Gasteiger partial charge < -0.3 is 25.0 Å². The van der Waals surface area contributed by atoms with Crippen LogP contribution in [0.1, 0.15) is 17.2 Å². The number of morpholine rings is 1. The second-order valence-corrected chi connectivity index (χ2v) is 8.47. The number of aromatic hydroxyl groups is 1. The van der Waals surface area contributed by atoms with E-state index in [-0.39, 0.29) is 6.04 Å². The van der Waals surface area contributed by atoms with E-state index in [9.17, 15) is 5.11 Å². The summed E-state index contributed by atoms with van der Waals surface area (Å²) in [5, 5.41) is 13.8. The Bertz CT molecular complexity index is 887. The quantitative estimate of drug-likeness (QED) is 0.554. The summed E-state index contributed by atoms with van der Waals surface area (Å²) in [6.45, 7) is 9.80. The van der Waals surface area contributed by atoms with Crippen LogP contribution in [0.25, 0.3) is 0 Å². The Morgan fingerprint density at radius 1 is 1.00 bits per heavy atom. The average Bonchev–Trinajstić information content (AvgIpc) is 2.84. The SMILES string of the molecule is CN=C(NCC(c1ccc(C)cc1)N1CCOCC1)N1CCN(c2ccccc2O)CC1. The Morgan fingerprint density at radius 2 is 1.69 bits per heavy atom. The summed E-state index contributed by atoms with van der Waals surface area (Å²) >= 11 is 0. The van der Waals surface area contributed by atoms with Gasteiger partial charge in [0.1, 0.15) is 5.75 Å². The first kappa shape index (κ1) is 22.4. The largest absolute Gasteiger partial charge is 0.506 e. The van der Waals surface area contributed by atoms with Crippen molar-refractivity contribution >= 4 is 11.6 Å². The lowest BCUT2D eigenvalue weighted by Gasteiger charge is -2.39. The van der Waals surface area contributed by atoms with E-state index in [1.807, 2.05) is 25.2 Å². The molecule has 7 heteroatoms. The van der Waals surface area contributed by atoms with Gasteiger partial charge in [-0.1, -0.05) is 42.0 Å². The minimum Gasteiger partial charge on any atom is -0.506 e. The van der Waals surface area contributed by atoms with Crippen molar-refractivity contribution < 1.29 is 9.84 Å². The summed E-state index contributed by atoms with van der Waals surface area (Å²) in [4.78, 5) is 11.6. The number of para-hydroxylation sites is 2. The molecular formula is C25H35N5O2. The molecule has 0 aliphatic carbocycles. The third-order valence-corrected chi connectivity index (χ3v) is 6.42. The summed E-state index contributed by atoms with van der Waals surface area (Å²) in [5.41, 5.74) is 3.51. The molecule has 1 atom stereocenters. The number of ether oxygens (including phenoxy) is 1. The Morgan fingerprint density at radius 3 is 2.34 bits per heavy atom. The Hall–Kier alpha value is -2.77. The highest BCUT2D eigenvalue weighted by Gasteiger charge is 2.25. The molecule has 0 spiro atoms. The van der Waals surface area contributed by atoms with E-state index < -0.39 is 0 Å². The fraction of sp³-hybridized carbons (Fsp3) is 0.480. The zero-order valence-electron chi connectivity index (χ0n) is 19.2. The summed E-state index contributed by atoms with van der Waals surface area (Å²) < 4.78 is 5.59. The van der Waals surface area contributed by atoms with Crippen molar-refractivity contribution in [3.05, 3.63) is 59.7 Å². The van der Waals surface area contributed by atoms with Crippen LogP contribution in [0, 0.1) is 6.92 Å². The molecule has 2 aromatic rings. The lowest BCUT2D eigenvalue weighted by Crippen LogP contribution is -2.54. The molecule has 0 radical (unpaired) electrons. The number of guanidine groups is 1. The van der Waals surface area contributed by atoms with Crippen molar-refractivity contribution in [2.45, 2.75) is 13.0 Å². The van der Waals surface area contributed by atoms with Gasteiger partial charge in [-0.05, 0) is 24.6 Å². The van der Waals surface area contributed by atoms with Gasteiger partial charge in [0.05, 0.1) is 24.9 Å². The molecule has 0 amide bonds. The minimum atomic E-state index is 0.277. The zero-order valence-corrected chi connectivity index (χ0v) is 19.2. The number of anilines is 1. The molecule has 2 fully saturated rings. The van der Waals surface area contributed by atoms with Crippen LogP contribution in [0.5, 0.6) is 5.75 Å². The monoisotopic (exact) mass is 437 g/mol. The van der Waals surface area contributed by atoms with E-state index in [0.29, 0.717) is 5.75 Å². The number of piperazine rings is 1. The second kappa shape index (κ2) is 10.7. The molecule has 2 saturated heterocycles. The van der Waals surface area contributed by atoms with Crippen molar-refractivity contribution in [3.8, 4) is 5.75 Å². The molecule has 2 aliphatic rings. The standard InChI is InChI=1S/C25H35N5O2/c1-20-7-9-21(10-8-20)23(29-15-17-32-18-16-29)19-27-25(26-2)30-13-11-28(12-14-30)22-5-3-4-6-24(22)31/h3-10,23,31H,11-19H2,1-2H3,(H,26,27). The molecule has 172 valence electrons. The van der Waals surface area contributed by atoms with Crippen molar-refractivity contribution in [1.82, 2.24) is 15.1 Å². The molecule has 2 aliphatic heterocycles. The summed E-state index contributed by atoms with van der Waals surface area (Å²) in [6.07, 6.45) is 0. The molecular weight excluding hydrogens is 402 g/mol. The van der Waals surface area contributed by atoms with Crippen LogP contribution >= 0.6 is 0 Å². The van der Waals surface area contributed by atoms with Gasteiger partial charge >= 0.3 is 0 Å². The maximum absolute atomic E-state index is 10.2. The third-order valence-electron chi connectivity index (χ3n) is 6.42. The molecule has 1 unspecified atom stereocenters. The van der Waals surface area contributed by atoms with Crippen LogP contribution in [0.15, 0.2) is 53.5 Å². The van der Waals surface area contributed by atoms with E-state index in [4.69, 9.17) is 4.74 Å². The number of rotatable bonds is 5. The molecule has 0 bridgehead atoms. The predicted molar refractivity (Wildman–Crippen MR) is 130 cm³/mol. The lowest BCUT2D eigenvalue weighted by molar-refractivity contribution is 0.0169. The fourth-order valence-corrected chi connectivity index (χ4v) is 4.55. The maximum atomic E-state index is 10.2. The normalized spacial score (nSPS) is 19.1. The van der Waals surface area contributed by atoms with Crippen molar-refractivity contribution in [2.75, 3.05) is 71.0 Å². The molecule has 0 aromatic heterocycles. The molecule has 2 N–H and O–H groups in total. The first-order valence-corrected chi connectivity index (χ1v) is 11.5. The fourth-order valence-electron chi connectivity index (χ4n) is 4.55. The van der Waals surface area contributed by atoms with Crippen LogP contribution in [-0.2, 0) is 4.74 Å². The smallest absolute Gasteiger partial charge is 0.193 e. The summed E-state index contributed by atoms with van der Waals surface area (Å²) in [6, 6.07) is 16.7. The van der Waals surface area contributed by atoms with Crippen molar-refractivity contribution in [1.29, 1.82) is 0 Å². The van der Waals surface area contributed by atoms with Gasteiger partial charge in [-0.2, -0.15) is 0 Å². The van der Waals surface area contributed by atoms with Gasteiger partial charge in [0.25, 0.3) is 0 Å². The van der Waals surface area contributed by atoms with Gasteiger partial charge in [0.15, 0.2) is 5.96 Å². The molecule has 32 heavy (non-hydrogen) atoms. The Balaban J connectivity index is 1.39. The third kappa shape index (κ3) is 5.34. The number of nitrogens with zero attached hydrogens (tertiary/aromatic N) is 4. The van der Waals surface area contributed by atoms with Crippen molar-refractivity contribution in [3.63, 3.8) is 0 Å². The number of phenolic OH excluding ortho intramolecular Hbond substituents is 1. The highest BCUT2D eigenvalue weighted by Crippen LogP contribution is 2.27. The summed E-state index contributed by atoms with van der Waals surface area (Å²) in [5.74, 6) is 1.28. The number of aryl methyl sites for hydroxylation is 1. The first-order valence-electron chi connectivity index (χ1n) is 11.5. The number of hydrogen-bond acceptors (Lipinski definition) is 5. The van der Waals surface area contributed by atoms with Crippen LogP contribution < -0.4 is 10.2 Å². The van der Waals surface area contributed by atoms with Crippen molar-refractivity contribution in [2.24, 2.45) is 4.99 Å². The number of benzene rings is 2. The van der Waals surface area contributed by atoms with Gasteiger partial charge in [-0.25, -0.2) is 0 Å². The molecule has 2 aromatic carbocycles. The summed E-state index contributed by atoms with van der Waals surface area (Å²) in [7, 11) is 1.85. The highest BCUT2D eigenvalue weighted by atomic mass is 16.5. The molecule has 7 nitrogen and oxygen atoms in total. The van der Waals surface area contributed by atoms with E-state index in [1.54, 1.807) is 6.07 Å². The molecule has 2 heterocycles. The number of phenols is 1. The minimum absolute atomic E-state index is 0.277. The van der Waals surface area contributed by atoms with Crippen LogP contribution in [0.2, 0.25) is 0 Å². The van der Waals surface area contributed by atoms with Gasteiger partial charge in [-0.15, -0.1) is 0 Å². The second-order valence-electron chi connectivity index (χ2n) is 8.47.